The number of pyridine rings is 1. The average molecular weight is 618 g/mol. The lowest BCUT2D eigenvalue weighted by Gasteiger charge is -2.38. The molecule has 4 heterocycles. The standard InChI is InChI=1S/C34H47N7O4/c1-4-39-12-14-41(15-13-39)33-17-26(16-32(38-33)37-27-6-5-7-27)34(43)35-18-28(42)20-40-11-10-29-23(2)30(9-8-25(29)19-40)44-21-31-24(3)36-22-45-31/h8-9,16-17,22,27-29,42H,2,4-7,10-15,18-21H2,1,3H3,(H,35,43)(H,37,38)/t28-,29?/m0/s1. The van der Waals surface area contributed by atoms with Gasteiger partial charge in [-0.15, -0.1) is 0 Å². The van der Waals surface area contributed by atoms with E-state index in [1.54, 1.807) is 0 Å². The number of nitrogens with zero attached hydrogens (tertiary/aromatic N) is 5. The predicted octanol–water partition coefficient (Wildman–Crippen LogP) is 3.49. The Morgan fingerprint density at radius 1 is 1.16 bits per heavy atom. The first kappa shape index (κ1) is 31.3. The number of likely N-dealkylation sites (tertiary alicyclic amines) is 1. The van der Waals surface area contributed by atoms with Gasteiger partial charge in [-0.3, -0.25) is 9.69 Å². The zero-order chi connectivity index (χ0) is 31.3. The molecule has 242 valence electrons. The van der Waals surface area contributed by atoms with Crippen LogP contribution in [0.3, 0.4) is 0 Å². The van der Waals surface area contributed by atoms with E-state index in [-0.39, 0.29) is 18.4 Å². The second-order valence-electron chi connectivity index (χ2n) is 12.7. The number of nitrogens with one attached hydrogen (secondary N) is 2. The van der Waals surface area contributed by atoms with Crippen LogP contribution in [0.25, 0.3) is 0 Å². The summed E-state index contributed by atoms with van der Waals surface area (Å²) in [5.41, 5.74) is 3.64. The molecular formula is C34H47N7O4. The zero-order valence-electron chi connectivity index (χ0n) is 26.6. The van der Waals surface area contributed by atoms with Crippen molar-refractivity contribution >= 4 is 17.5 Å². The number of anilines is 2. The number of aryl methyl sites for hydroxylation is 1. The van der Waals surface area contributed by atoms with Gasteiger partial charge in [0.1, 0.15) is 24.0 Å². The Morgan fingerprint density at radius 3 is 2.69 bits per heavy atom. The number of aliphatic hydroxyl groups is 1. The lowest BCUT2D eigenvalue weighted by Crippen LogP contribution is -2.46. The van der Waals surface area contributed by atoms with Crippen molar-refractivity contribution in [3.8, 4) is 0 Å². The van der Waals surface area contributed by atoms with E-state index in [4.69, 9.17) is 14.1 Å². The van der Waals surface area contributed by atoms with E-state index in [1.165, 1.54) is 18.4 Å². The van der Waals surface area contributed by atoms with Gasteiger partial charge in [-0.25, -0.2) is 9.97 Å². The fraction of sp³-hybridized carbons (Fsp3) is 0.559. The first-order valence-corrected chi connectivity index (χ1v) is 16.4. The normalized spacial score (nSPS) is 21.8. The van der Waals surface area contributed by atoms with Gasteiger partial charge in [-0.05, 0) is 75.1 Å². The Bertz CT molecular complexity index is 1420. The number of allylic oxidation sites excluding steroid dienone is 3. The Kier molecular flexibility index (Phi) is 9.87. The van der Waals surface area contributed by atoms with Gasteiger partial charge in [-0.1, -0.05) is 19.6 Å². The summed E-state index contributed by atoms with van der Waals surface area (Å²) in [6.45, 7) is 15.8. The van der Waals surface area contributed by atoms with E-state index in [9.17, 15) is 9.90 Å². The Morgan fingerprint density at radius 2 is 1.98 bits per heavy atom. The van der Waals surface area contributed by atoms with Gasteiger partial charge >= 0.3 is 0 Å². The third-order valence-electron chi connectivity index (χ3n) is 9.62. The van der Waals surface area contributed by atoms with E-state index < -0.39 is 6.10 Å². The number of carbonyl (C=O) groups excluding carboxylic acids is 1. The van der Waals surface area contributed by atoms with Gasteiger partial charge in [0.15, 0.2) is 12.2 Å². The molecule has 11 nitrogen and oxygen atoms in total. The number of likely N-dealkylation sites (N-methyl/N-ethyl adjacent to an activating group) is 1. The molecule has 2 aliphatic carbocycles. The zero-order valence-corrected chi connectivity index (χ0v) is 26.6. The summed E-state index contributed by atoms with van der Waals surface area (Å²) in [6, 6.07) is 4.15. The van der Waals surface area contributed by atoms with Gasteiger partial charge in [-0.2, -0.15) is 0 Å². The third-order valence-corrected chi connectivity index (χ3v) is 9.62. The largest absolute Gasteiger partial charge is 0.485 e. The van der Waals surface area contributed by atoms with Crippen LogP contribution in [0.5, 0.6) is 0 Å². The van der Waals surface area contributed by atoms with Crippen LogP contribution >= 0.6 is 0 Å². The van der Waals surface area contributed by atoms with E-state index in [2.05, 4.69) is 49.9 Å². The lowest BCUT2D eigenvalue weighted by molar-refractivity contribution is 0.0844. The number of amides is 1. The molecule has 1 unspecified atom stereocenters. The minimum atomic E-state index is -0.687. The molecule has 0 radical (unpaired) electrons. The van der Waals surface area contributed by atoms with Crippen LogP contribution in [0.2, 0.25) is 0 Å². The quantitative estimate of drug-likeness (QED) is 0.327. The maximum Gasteiger partial charge on any atom is 0.251 e. The van der Waals surface area contributed by atoms with Crippen molar-refractivity contribution in [2.75, 3.05) is 69.1 Å². The molecule has 0 aromatic carbocycles. The first-order chi connectivity index (χ1) is 21.9. The van der Waals surface area contributed by atoms with Crippen LogP contribution in [-0.2, 0) is 11.3 Å². The SMILES string of the molecule is C=C1C(OCc2ocnc2C)=CC=C2CN(C[C@@H](O)CNC(=O)c3cc(NC4CCC4)nc(N4CCN(CC)CC4)c3)CCC12. The number of rotatable bonds is 12. The van der Waals surface area contributed by atoms with Crippen molar-refractivity contribution in [2.45, 2.75) is 58.3 Å². The van der Waals surface area contributed by atoms with E-state index in [0.717, 1.165) is 99.5 Å². The minimum absolute atomic E-state index is 0.182. The summed E-state index contributed by atoms with van der Waals surface area (Å²) in [6.07, 6.45) is 9.21. The molecule has 1 amide bonds. The highest BCUT2D eigenvalue weighted by Gasteiger charge is 2.31. The molecule has 6 rings (SSSR count). The van der Waals surface area contributed by atoms with Crippen molar-refractivity contribution in [1.29, 1.82) is 0 Å². The fourth-order valence-corrected chi connectivity index (χ4v) is 6.49. The van der Waals surface area contributed by atoms with Crippen molar-refractivity contribution in [3.05, 3.63) is 71.2 Å². The van der Waals surface area contributed by atoms with Crippen LogP contribution < -0.4 is 15.5 Å². The molecule has 3 fully saturated rings. The van der Waals surface area contributed by atoms with Gasteiger partial charge in [0, 0.05) is 63.3 Å². The van der Waals surface area contributed by atoms with Gasteiger partial charge < -0.3 is 34.7 Å². The second-order valence-corrected chi connectivity index (χ2v) is 12.7. The minimum Gasteiger partial charge on any atom is -0.485 e. The van der Waals surface area contributed by atoms with Crippen LogP contribution in [0, 0.1) is 12.8 Å². The highest BCUT2D eigenvalue weighted by Crippen LogP contribution is 2.36. The number of oxazole rings is 1. The summed E-state index contributed by atoms with van der Waals surface area (Å²) in [5, 5.41) is 17.4. The van der Waals surface area contributed by atoms with Crippen LogP contribution in [-0.4, -0.2) is 102 Å². The van der Waals surface area contributed by atoms with Crippen molar-refractivity contribution in [2.24, 2.45) is 5.92 Å². The molecular weight excluding hydrogens is 570 g/mol. The molecule has 2 aliphatic heterocycles. The van der Waals surface area contributed by atoms with E-state index in [1.807, 2.05) is 25.1 Å². The van der Waals surface area contributed by atoms with Crippen molar-refractivity contribution in [1.82, 2.24) is 25.1 Å². The number of ether oxygens (including phenoxy) is 1. The molecule has 1 saturated carbocycles. The fourth-order valence-electron chi connectivity index (χ4n) is 6.49. The van der Waals surface area contributed by atoms with Gasteiger partial charge in [0.2, 0.25) is 0 Å². The number of piperidine rings is 1. The molecule has 2 saturated heterocycles. The topological polar surface area (TPSA) is 119 Å². The summed E-state index contributed by atoms with van der Waals surface area (Å²) < 4.78 is 11.4. The Balaban J connectivity index is 1.02. The lowest BCUT2D eigenvalue weighted by atomic mass is 9.81. The maximum absolute atomic E-state index is 13.3. The number of carbonyl (C=O) groups is 1. The summed E-state index contributed by atoms with van der Waals surface area (Å²) >= 11 is 0. The monoisotopic (exact) mass is 617 g/mol. The molecule has 2 aromatic heterocycles. The molecule has 0 bridgehead atoms. The van der Waals surface area contributed by atoms with Crippen LogP contribution in [0.15, 0.2) is 58.6 Å². The summed E-state index contributed by atoms with van der Waals surface area (Å²) in [5.74, 6) is 3.12. The second kappa shape index (κ2) is 14.2. The number of fused-ring (bicyclic) bond motifs is 1. The third kappa shape index (κ3) is 7.59. The van der Waals surface area contributed by atoms with Gasteiger partial charge in [0.05, 0.1) is 11.8 Å². The Labute approximate surface area is 266 Å². The summed E-state index contributed by atoms with van der Waals surface area (Å²) in [7, 11) is 0. The molecule has 2 atom stereocenters. The highest BCUT2D eigenvalue weighted by atomic mass is 16.5. The Hall–Kier alpha value is -3.67. The summed E-state index contributed by atoms with van der Waals surface area (Å²) in [4.78, 5) is 29.3. The maximum atomic E-state index is 13.3. The van der Waals surface area contributed by atoms with Crippen molar-refractivity contribution in [3.63, 3.8) is 0 Å². The molecule has 3 N–H and O–H groups in total. The van der Waals surface area contributed by atoms with Gasteiger partial charge in [0.25, 0.3) is 5.91 Å². The molecule has 4 aliphatic rings. The number of β-amino-alcohol motifs (C(OH)–C–C–N with tert-alkyl or cyclic N) is 1. The van der Waals surface area contributed by atoms with E-state index >= 15 is 0 Å². The smallest absolute Gasteiger partial charge is 0.251 e. The number of aliphatic hydroxyl groups excluding tert-OH is 1. The number of aromatic nitrogens is 2. The predicted molar refractivity (Wildman–Crippen MR) is 174 cm³/mol. The average Bonchev–Trinajstić information content (AvgIpc) is 3.45. The van der Waals surface area contributed by atoms with Crippen LogP contribution in [0.1, 0.15) is 54.4 Å². The van der Waals surface area contributed by atoms with Crippen LogP contribution in [0.4, 0.5) is 11.6 Å². The first-order valence-electron chi connectivity index (χ1n) is 16.4. The molecule has 45 heavy (non-hydrogen) atoms. The molecule has 0 spiro atoms. The van der Waals surface area contributed by atoms with Crippen molar-refractivity contribution < 1.29 is 19.1 Å². The molecule has 11 heteroatoms. The highest BCUT2D eigenvalue weighted by molar-refractivity contribution is 5.95. The number of piperazine rings is 1. The number of hydrogen-bond donors (Lipinski definition) is 3. The van der Waals surface area contributed by atoms with E-state index in [0.29, 0.717) is 24.8 Å². The number of hydrogen-bond acceptors (Lipinski definition) is 10. The molecule has 2 aromatic rings.